The molecule has 3 aromatic rings. The largest absolute Gasteiger partial charge is 0.352 e. The quantitative estimate of drug-likeness (QED) is 0.708. The molecule has 3 heterocycles. The van der Waals surface area contributed by atoms with Crippen LogP contribution in [0.25, 0.3) is 0 Å². The monoisotopic (exact) mass is 362 g/mol. The van der Waals surface area contributed by atoms with Gasteiger partial charge in [0.1, 0.15) is 0 Å². The number of hydrogen-bond donors (Lipinski definition) is 1. The maximum atomic E-state index is 5.74. The van der Waals surface area contributed by atoms with Gasteiger partial charge in [0.15, 0.2) is 5.11 Å². The lowest BCUT2D eigenvalue weighted by molar-refractivity contribution is 0.564. The Morgan fingerprint density at radius 3 is 2.38 bits per heavy atom. The highest BCUT2D eigenvalue weighted by Gasteiger charge is 2.41. The van der Waals surface area contributed by atoms with Gasteiger partial charge in [-0.25, -0.2) is 0 Å². The van der Waals surface area contributed by atoms with Crippen LogP contribution in [0, 0.1) is 13.8 Å². The summed E-state index contributed by atoms with van der Waals surface area (Å²) in [6, 6.07) is 18.7. The summed E-state index contributed by atoms with van der Waals surface area (Å²) < 4.78 is 2.23. The van der Waals surface area contributed by atoms with Gasteiger partial charge >= 0.3 is 0 Å². The fourth-order valence-electron chi connectivity index (χ4n) is 3.72. The van der Waals surface area contributed by atoms with Gasteiger partial charge < -0.3 is 14.8 Å². The van der Waals surface area contributed by atoms with E-state index >= 15 is 0 Å². The van der Waals surface area contributed by atoms with Crippen LogP contribution in [-0.2, 0) is 7.05 Å². The zero-order valence-corrected chi connectivity index (χ0v) is 16.0. The lowest BCUT2D eigenvalue weighted by atomic mass is 9.96. The average molecular weight is 363 g/mol. The van der Waals surface area contributed by atoms with Crippen molar-refractivity contribution < 1.29 is 0 Å². The minimum Gasteiger partial charge on any atom is -0.352 e. The number of pyridine rings is 1. The standard InChI is InChI=1S/C21H22N4S/c1-14-13-17(15(2)24(14)3)20-19(18-11-7-8-12-22-18)23-21(26)25(20)16-9-5-4-6-10-16/h4-13,19-20H,1-3H3,(H,23,26). The number of hydrogen-bond acceptors (Lipinski definition) is 2. The zero-order valence-electron chi connectivity index (χ0n) is 15.2. The van der Waals surface area contributed by atoms with E-state index in [-0.39, 0.29) is 12.1 Å². The summed E-state index contributed by atoms with van der Waals surface area (Å²) in [6.07, 6.45) is 1.84. The van der Waals surface area contributed by atoms with Crippen molar-refractivity contribution in [2.24, 2.45) is 7.05 Å². The van der Waals surface area contributed by atoms with Gasteiger partial charge in [0.25, 0.3) is 0 Å². The number of rotatable bonds is 3. The fraction of sp³-hybridized carbons (Fsp3) is 0.238. The van der Waals surface area contributed by atoms with Crippen LogP contribution in [0.1, 0.15) is 34.7 Å². The molecule has 0 bridgehead atoms. The van der Waals surface area contributed by atoms with Crippen molar-refractivity contribution in [2.75, 3.05) is 4.90 Å². The van der Waals surface area contributed by atoms with E-state index in [0.29, 0.717) is 0 Å². The van der Waals surface area contributed by atoms with Crippen LogP contribution < -0.4 is 10.2 Å². The zero-order chi connectivity index (χ0) is 18.3. The molecule has 0 aliphatic carbocycles. The van der Waals surface area contributed by atoms with E-state index in [4.69, 9.17) is 12.2 Å². The molecular formula is C21H22N4S. The van der Waals surface area contributed by atoms with Crippen molar-refractivity contribution in [3.8, 4) is 0 Å². The molecule has 5 heteroatoms. The molecule has 0 saturated carbocycles. The van der Waals surface area contributed by atoms with Crippen molar-refractivity contribution in [3.63, 3.8) is 0 Å². The van der Waals surface area contributed by atoms with Crippen LogP contribution in [-0.4, -0.2) is 14.7 Å². The van der Waals surface area contributed by atoms with Gasteiger partial charge in [0.2, 0.25) is 0 Å². The highest BCUT2D eigenvalue weighted by molar-refractivity contribution is 7.80. The molecule has 2 unspecified atom stereocenters. The summed E-state index contributed by atoms with van der Waals surface area (Å²) >= 11 is 5.74. The van der Waals surface area contributed by atoms with Crippen LogP contribution in [0.4, 0.5) is 5.69 Å². The van der Waals surface area contributed by atoms with E-state index in [2.05, 4.69) is 64.9 Å². The fourth-order valence-corrected chi connectivity index (χ4v) is 4.07. The van der Waals surface area contributed by atoms with E-state index in [1.165, 1.54) is 17.0 Å². The van der Waals surface area contributed by atoms with E-state index < -0.39 is 0 Å². The number of aryl methyl sites for hydroxylation is 1. The third-order valence-corrected chi connectivity index (χ3v) is 5.58. The molecule has 0 amide bonds. The lowest BCUT2D eigenvalue weighted by Crippen LogP contribution is -2.29. The highest BCUT2D eigenvalue weighted by atomic mass is 32.1. The molecule has 1 fully saturated rings. The Hall–Kier alpha value is -2.66. The van der Waals surface area contributed by atoms with Crippen LogP contribution in [0.3, 0.4) is 0 Å². The van der Waals surface area contributed by atoms with E-state index in [9.17, 15) is 0 Å². The normalized spacial score (nSPS) is 19.7. The first-order valence-electron chi connectivity index (χ1n) is 8.76. The Labute approximate surface area is 159 Å². The molecule has 0 spiro atoms. The van der Waals surface area contributed by atoms with Gasteiger partial charge in [0.05, 0.1) is 17.8 Å². The Bertz CT molecular complexity index is 933. The first kappa shape index (κ1) is 16.8. The molecule has 1 aromatic carbocycles. The molecule has 132 valence electrons. The van der Waals surface area contributed by atoms with Gasteiger partial charge in [-0.05, 0) is 62.0 Å². The molecule has 0 radical (unpaired) electrons. The van der Waals surface area contributed by atoms with E-state index in [0.717, 1.165) is 16.5 Å². The van der Waals surface area contributed by atoms with Crippen molar-refractivity contribution in [1.29, 1.82) is 0 Å². The van der Waals surface area contributed by atoms with Crippen molar-refractivity contribution in [3.05, 3.63) is 83.4 Å². The van der Waals surface area contributed by atoms with Crippen molar-refractivity contribution >= 4 is 23.0 Å². The number of aromatic nitrogens is 2. The Morgan fingerprint density at radius 1 is 1.04 bits per heavy atom. The highest BCUT2D eigenvalue weighted by Crippen LogP contribution is 2.42. The summed E-state index contributed by atoms with van der Waals surface area (Å²) in [5.41, 5.74) is 5.86. The summed E-state index contributed by atoms with van der Waals surface area (Å²) in [4.78, 5) is 6.82. The summed E-state index contributed by atoms with van der Waals surface area (Å²) in [5.74, 6) is 0. The number of nitrogens with zero attached hydrogens (tertiary/aromatic N) is 3. The van der Waals surface area contributed by atoms with Gasteiger partial charge in [0, 0.05) is 30.3 Å². The van der Waals surface area contributed by atoms with Gasteiger partial charge in [-0.3, -0.25) is 4.98 Å². The van der Waals surface area contributed by atoms with Crippen LogP contribution >= 0.6 is 12.2 Å². The van der Waals surface area contributed by atoms with E-state index in [1.54, 1.807) is 0 Å². The van der Waals surface area contributed by atoms with E-state index in [1.807, 2.05) is 36.5 Å². The predicted octanol–water partition coefficient (Wildman–Crippen LogP) is 4.21. The van der Waals surface area contributed by atoms with Gasteiger partial charge in [-0.15, -0.1) is 0 Å². The number of nitrogens with one attached hydrogen (secondary N) is 1. The van der Waals surface area contributed by atoms with Crippen molar-refractivity contribution in [1.82, 2.24) is 14.9 Å². The third kappa shape index (κ3) is 2.69. The summed E-state index contributed by atoms with van der Waals surface area (Å²) in [7, 11) is 2.11. The molecule has 26 heavy (non-hydrogen) atoms. The molecule has 1 aliphatic heterocycles. The third-order valence-electron chi connectivity index (χ3n) is 5.27. The molecule has 1 N–H and O–H groups in total. The summed E-state index contributed by atoms with van der Waals surface area (Å²) in [6.45, 7) is 4.31. The van der Waals surface area contributed by atoms with Crippen LogP contribution in [0.5, 0.6) is 0 Å². The second kappa shape index (κ2) is 6.57. The van der Waals surface area contributed by atoms with Crippen molar-refractivity contribution in [2.45, 2.75) is 25.9 Å². The molecule has 4 nitrogen and oxygen atoms in total. The number of benzene rings is 1. The SMILES string of the molecule is Cc1cc(C2C(c3ccccn3)NC(=S)N2c2ccccc2)c(C)n1C. The van der Waals surface area contributed by atoms with Crippen LogP contribution in [0.2, 0.25) is 0 Å². The molecule has 2 aromatic heterocycles. The number of anilines is 1. The number of thiocarbonyl (C=S) groups is 1. The lowest BCUT2D eigenvalue weighted by Gasteiger charge is -2.28. The predicted molar refractivity (Wildman–Crippen MR) is 109 cm³/mol. The smallest absolute Gasteiger partial charge is 0.174 e. The second-order valence-corrected chi connectivity index (χ2v) is 7.10. The maximum absolute atomic E-state index is 5.74. The molecule has 1 aliphatic rings. The molecule has 1 saturated heterocycles. The maximum Gasteiger partial charge on any atom is 0.174 e. The molecule has 4 rings (SSSR count). The first-order chi connectivity index (χ1) is 12.6. The minimum atomic E-state index is 0.00408. The Morgan fingerprint density at radius 2 is 1.77 bits per heavy atom. The van der Waals surface area contributed by atoms with Crippen LogP contribution in [0.15, 0.2) is 60.8 Å². The molecule has 2 atom stereocenters. The topological polar surface area (TPSA) is 33.1 Å². The Balaban J connectivity index is 1.88. The summed E-state index contributed by atoms with van der Waals surface area (Å²) in [5, 5.41) is 4.24. The minimum absolute atomic E-state index is 0.00408. The second-order valence-electron chi connectivity index (χ2n) is 6.72. The van der Waals surface area contributed by atoms with Gasteiger partial charge in [-0.2, -0.15) is 0 Å². The Kier molecular flexibility index (Phi) is 4.24. The first-order valence-corrected chi connectivity index (χ1v) is 9.17. The van der Waals surface area contributed by atoms with Gasteiger partial charge in [-0.1, -0.05) is 24.3 Å². The number of para-hydroxylation sites is 1. The molecular weight excluding hydrogens is 340 g/mol. The average Bonchev–Trinajstić information content (AvgIpc) is 3.14.